The number of benzene rings is 1. The fourth-order valence-electron chi connectivity index (χ4n) is 2.29. The summed E-state index contributed by atoms with van der Waals surface area (Å²) in [6.45, 7) is 5.19. The van der Waals surface area contributed by atoms with E-state index < -0.39 is 0 Å². The minimum absolute atomic E-state index is 0.636. The third kappa shape index (κ3) is 4.35. The first kappa shape index (κ1) is 16.6. The van der Waals surface area contributed by atoms with Crippen molar-refractivity contribution < 1.29 is 0 Å². The third-order valence-corrected chi connectivity index (χ3v) is 4.41. The third-order valence-electron chi connectivity index (χ3n) is 3.35. The van der Waals surface area contributed by atoms with Gasteiger partial charge in [0.2, 0.25) is 0 Å². The maximum atomic E-state index is 8.57. The SMILES string of the molecule is CCCn1c(SCCCCC#N)nnc1-c1cccc(C)c1. The minimum atomic E-state index is 0.636. The number of hydrogen-bond donors (Lipinski definition) is 0. The molecule has 22 heavy (non-hydrogen) atoms. The Balaban J connectivity index is 2.13. The van der Waals surface area contributed by atoms with Gasteiger partial charge in [0.25, 0.3) is 0 Å². The number of hydrogen-bond acceptors (Lipinski definition) is 4. The van der Waals surface area contributed by atoms with E-state index in [-0.39, 0.29) is 0 Å². The lowest BCUT2D eigenvalue weighted by Crippen LogP contribution is -2.02. The van der Waals surface area contributed by atoms with Crippen LogP contribution >= 0.6 is 11.8 Å². The van der Waals surface area contributed by atoms with Crippen molar-refractivity contribution in [3.05, 3.63) is 29.8 Å². The van der Waals surface area contributed by atoms with Crippen molar-refractivity contribution in [3.8, 4) is 17.5 Å². The monoisotopic (exact) mass is 314 g/mol. The van der Waals surface area contributed by atoms with Gasteiger partial charge in [-0.15, -0.1) is 10.2 Å². The lowest BCUT2D eigenvalue weighted by molar-refractivity contribution is 0.626. The standard InChI is InChI=1S/C17H22N4S/c1-3-11-21-16(15-9-7-8-14(2)13-15)19-20-17(21)22-12-6-4-5-10-18/h7-9,13H,3-6,11-12H2,1-2H3. The lowest BCUT2D eigenvalue weighted by atomic mass is 10.1. The smallest absolute Gasteiger partial charge is 0.191 e. The summed E-state index contributed by atoms with van der Waals surface area (Å²) < 4.78 is 2.21. The van der Waals surface area contributed by atoms with Crippen molar-refractivity contribution in [3.63, 3.8) is 0 Å². The average molecular weight is 314 g/mol. The van der Waals surface area contributed by atoms with Crippen LogP contribution in [0.5, 0.6) is 0 Å². The van der Waals surface area contributed by atoms with E-state index in [4.69, 9.17) is 5.26 Å². The second-order valence-corrected chi connectivity index (χ2v) is 6.35. The number of rotatable bonds is 8. The number of nitriles is 1. The maximum absolute atomic E-state index is 8.57. The molecule has 0 bridgehead atoms. The van der Waals surface area contributed by atoms with E-state index >= 15 is 0 Å². The molecule has 0 N–H and O–H groups in total. The molecule has 1 heterocycles. The van der Waals surface area contributed by atoms with Crippen molar-refractivity contribution in [2.45, 2.75) is 51.2 Å². The summed E-state index contributed by atoms with van der Waals surface area (Å²) >= 11 is 1.74. The molecule has 2 aromatic rings. The summed E-state index contributed by atoms with van der Waals surface area (Å²) in [5, 5.41) is 18.3. The highest BCUT2D eigenvalue weighted by atomic mass is 32.2. The van der Waals surface area contributed by atoms with Gasteiger partial charge in [0.05, 0.1) is 6.07 Å². The molecule has 0 aliphatic rings. The first-order chi connectivity index (χ1) is 10.8. The molecule has 0 saturated carbocycles. The van der Waals surface area contributed by atoms with Crippen LogP contribution in [0.15, 0.2) is 29.4 Å². The minimum Gasteiger partial charge on any atom is -0.302 e. The molecule has 0 unspecified atom stereocenters. The molecule has 0 aliphatic heterocycles. The zero-order valence-corrected chi connectivity index (χ0v) is 14.1. The van der Waals surface area contributed by atoms with E-state index in [0.717, 1.165) is 48.1 Å². The van der Waals surface area contributed by atoms with Crippen molar-refractivity contribution in [1.29, 1.82) is 5.26 Å². The number of unbranched alkanes of at least 4 members (excludes halogenated alkanes) is 2. The number of nitrogens with zero attached hydrogens (tertiary/aromatic N) is 4. The molecule has 0 radical (unpaired) electrons. The molecule has 4 nitrogen and oxygen atoms in total. The van der Waals surface area contributed by atoms with Crippen molar-refractivity contribution in [1.82, 2.24) is 14.8 Å². The van der Waals surface area contributed by atoms with Gasteiger partial charge in [-0.25, -0.2) is 0 Å². The molecule has 5 heteroatoms. The first-order valence-electron chi connectivity index (χ1n) is 7.76. The molecule has 116 valence electrons. The Hall–Kier alpha value is -1.80. The molecule has 2 rings (SSSR count). The number of aryl methyl sites for hydroxylation is 1. The van der Waals surface area contributed by atoms with Crippen LogP contribution in [0.3, 0.4) is 0 Å². The zero-order chi connectivity index (χ0) is 15.8. The highest BCUT2D eigenvalue weighted by molar-refractivity contribution is 7.99. The van der Waals surface area contributed by atoms with Crippen molar-refractivity contribution >= 4 is 11.8 Å². The Morgan fingerprint density at radius 3 is 2.86 bits per heavy atom. The fraction of sp³-hybridized carbons (Fsp3) is 0.471. The molecular formula is C17H22N4S. The topological polar surface area (TPSA) is 54.5 Å². The maximum Gasteiger partial charge on any atom is 0.191 e. The van der Waals surface area contributed by atoms with Crippen LogP contribution in [-0.4, -0.2) is 20.5 Å². The van der Waals surface area contributed by atoms with E-state index in [1.807, 2.05) is 0 Å². The van der Waals surface area contributed by atoms with Crippen molar-refractivity contribution in [2.75, 3.05) is 5.75 Å². The molecular weight excluding hydrogens is 292 g/mol. The van der Waals surface area contributed by atoms with E-state index in [2.05, 4.69) is 58.9 Å². The van der Waals surface area contributed by atoms with Crippen LogP contribution < -0.4 is 0 Å². The summed E-state index contributed by atoms with van der Waals surface area (Å²) in [6.07, 6.45) is 3.68. The van der Waals surface area contributed by atoms with Gasteiger partial charge in [-0.1, -0.05) is 42.4 Å². The van der Waals surface area contributed by atoms with E-state index in [1.165, 1.54) is 5.56 Å². The normalized spacial score (nSPS) is 10.6. The van der Waals surface area contributed by atoms with Crippen LogP contribution in [0.4, 0.5) is 0 Å². The van der Waals surface area contributed by atoms with Gasteiger partial charge in [0.15, 0.2) is 11.0 Å². The molecule has 0 aliphatic carbocycles. The van der Waals surface area contributed by atoms with Gasteiger partial charge in [-0.2, -0.15) is 5.26 Å². The molecule has 0 amide bonds. The van der Waals surface area contributed by atoms with Crippen LogP contribution in [-0.2, 0) is 6.54 Å². The predicted octanol–water partition coefficient (Wildman–Crippen LogP) is 4.45. The van der Waals surface area contributed by atoms with E-state index in [9.17, 15) is 0 Å². The van der Waals surface area contributed by atoms with Gasteiger partial charge in [-0.3, -0.25) is 0 Å². The van der Waals surface area contributed by atoms with Gasteiger partial charge >= 0.3 is 0 Å². The average Bonchev–Trinajstić information content (AvgIpc) is 2.90. The van der Waals surface area contributed by atoms with Gasteiger partial charge < -0.3 is 4.57 Å². The molecule has 0 spiro atoms. The summed E-state index contributed by atoms with van der Waals surface area (Å²) in [5.74, 6) is 1.93. The summed E-state index contributed by atoms with van der Waals surface area (Å²) in [5.41, 5.74) is 2.35. The molecule has 1 aromatic carbocycles. The second kappa shape index (κ2) is 8.60. The molecule has 0 fully saturated rings. The quantitative estimate of drug-likeness (QED) is 0.533. The van der Waals surface area contributed by atoms with Crippen LogP contribution in [0, 0.1) is 18.3 Å². The van der Waals surface area contributed by atoms with Crippen molar-refractivity contribution in [2.24, 2.45) is 0 Å². The second-order valence-electron chi connectivity index (χ2n) is 5.29. The first-order valence-corrected chi connectivity index (χ1v) is 8.74. The number of thioether (sulfide) groups is 1. The molecule has 0 saturated heterocycles. The van der Waals surface area contributed by atoms with Gasteiger partial charge in [0.1, 0.15) is 0 Å². The Morgan fingerprint density at radius 1 is 1.27 bits per heavy atom. The molecule has 1 aromatic heterocycles. The van der Waals surface area contributed by atoms with Crippen LogP contribution in [0.2, 0.25) is 0 Å². The number of aromatic nitrogens is 3. The van der Waals surface area contributed by atoms with E-state index in [0.29, 0.717) is 6.42 Å². The zero-order valence-electron chi connectivity index (χ0n) is 13.2. The Labute approximate surface area is 136 Å². The molecule has 0 atom stereocenters. The Morgan fingerprint density at radius 2 is 2.14 bits per heavy atom. The van der Waals surface area contributed by atoms with Crippen LogP contribution in [0.25, 0.3) is 11.4 Å². The summed E-state index contributed by atoms with van der Waals surface area (Å²) in [7, 11) is 0. The van der Waals surface area contributed by atoms with Crippen LogP contribution in [0.1, 0.15) is 38.2 Å². The Bertz CT molecular complexity index is 642. The predicted molar refractivity (Wildman–Crippen MR) is 90.7 cm³/mol. The van der Waals surface area contributed by atoms with E-state index in [1.54, 1.807) is 11.8 Å². The summed E-state index contributed by atoms with van der Waals surface area (Å²) in [4.78, 5) is 0. The largest absolute Gasteiger partial charge is 0.302 e. The Kier molecular flexibility index (Phi) is 6.47. The fourth-order valence-corrected chi connectivity index (χ4v) is 3.25. The summed E-state index contributed by atoms with van der Waals surface area (Å²) in [6, 6.07) is 10.6. The highest BCUT2D eigenvalue weighted by Crippen LogP contribution is 2.25. The van der Waals surface area contributed by atoms with Gasteiger partial charge in [-0.05, 0) is 32.3 Å². The highest BCUT2D eigenvalue weighted by Gasteiger charge is 2.13. The lowest BCUT2D eigenvalue weighted by Gasteiger charge is -2.09. The van der Waals surface area contributed by atoms with Gasteiger partial charge in [0, 0.05) is 24.3 Å².